The predicted octanol–water partition coefficient (Wildman–Crippen LogP) is 5.19. The molecule has 0 fully saturated rings. The number of hydrogen-bond acceptors (Lipinski definition) is 7. The Kier molecular flexibility index (Phi) is 17.1. The maximum Gasteiger partial charge on any atom is 0.303 e. The number of nitrogens with one attached hydrogen (secondary N) is 6. The minimum atomic E-state index is -1.25. The van der Waals surface area contributed by atoms with Crippen molar-refractivity contribution in [3.63, 3.8) is 0 Å². The number of anilines is 1. The Hall–Kier alpha value is -7.61. The van der Waals surface area contributed by atoms with E-state index in [1.54, 1.807) is 54.6 Å². The number of fused-ring (bicyclic) bond motifs is 18. The van der Waals surface area contributed by atoms with Crippen molar-refractivity contribution in [3.05, 3.63) is 162 Å². The quantitative estimate of drug-likeness (QED) is 0.0617. The second kappa shape index (κ2) is 23.7. The summed E-state index contributed by atoms with van der Waals surface area (Å²) in [5.74, 6) is -4.45. The van der Waals surface area contributed by atoms with Crippen molar-refractivity contribution < 1.29 is 38.7 Å². The molecule has 0 aliphatic carbocycles. The average Bonchev–Trinajstić information content (AvgIpc) is 3.32. The summed E-state index contributed by atoms with van der Waals surface area (Å²) in [7, 11) is 0. The van der Waals surface area contributed by atoms with Crippen LogP contribution in [-0.4, -0.2) is 71.2 Å². The summed E-state index contributed by atoms with van der Waals surface area (Å²) in [4.78, 5) is 94.8. The summed E-state index contributed by atoms with van der Waals surface area (Å²) in [6.45, 7) is 0.173. The molecule has 14 heteroatoms. The highest BCUT2D eigenvalue weighted by Crippen LogP contribution is 2.21. The molecule has 0 saturated carbocycles. The third-order valence-electron chi connectivity index (χ3n) is 11.0. The van der Waals surface area contributed by atoms with Crippen molar-refractivity contribution >= 4 is 47.1 Å². The molecule has 0 radical (unpaired) electrons. The van der Waals surface area contributed by atoms with E-state index in [0.29, 0.717) is 41.6 Å². The number of amides is 6. The molecule has 65 heavy (non-hydrogen) atoms. The Labute approximate surface area is 378 Å². The van der Waals surface area contributed by atoms with Crippen LogP contribution in [0.4, 0.5) is 5.69 Å². The molecule has 336 valence electrons. The number of unbranched alkanes of at least 4 members (excludes halogenated alkanes) is 1. The molecule has 1 unspecified atom stereocenters. The van der Waals surface area contributed by atoms with Crippen LogP contribution in [0.5, 0.6) is 0 Å². The first kappa shape index (κ1) is 46.9. The van der Waals surface area contributed by atoms with Gasteiger partial charge in [0, 0.05) is 44.3 Å². The van der Waals surface area contributed by atoms with E-state index < -0.39 is 65.6 Å². The highest BCUT2D eigenvalue weighted by Gasteiger charge is 2.32. The van der Waals surface area contributed by atoms with Crippen molar-refractivity contribution in [1.82, 2.24) is 26.6 Å². The van der Waals surface area contributed by atoms with Gasteiger partial charge in [-0.2, -0.15) is 0 Å². The van der Waals surface area contributed by atoms with Crippen molar-refractivity contribution in [2.24, 2.45) is 0 Å². The molecule has 4 atom stereocenters. The van der Waals surface area contributed by atoms with Crippen LogP contribution in [0.25, 0.3) is 11.1 Å². The van der Waals surface area contributed by atoms with Crippen LogP contribution in [0.2, 0.25) is 0 Å². The molecule has 2 bridgehead atoms. The highest BCUT2D eigenvalue weighted by molar-refractivity contribution is 5.97. The third-order valence-corrected chi connectivity index (χ3v) is 11.0. The number of carbonyl (C=O) groups excluding carboxylic acids is 6. The van der Waals surface area contributed by atoms with E-state index in [2.05, 4.69) is 31.9 Å². The molecular weight excluding hydrogens is 825 g/mol. The summed E-state index contributed by atoms with van der Waals surface area (Å²) in [6.07, 6.45) is 0.838. The number of rotatable bonds is 13. The SMILES string of the molecule is O=C(O)CCCCNC(=O)[C@@H]1Cc2ccc(cc2)NC(=O)CCC(=O)NC(c2ccccc2)C(=O)N[C@@H](Cc2ccc(-c3ccccc3)cc2)C(=O)N[C@H](CCc2ccccc2)C(=O)N1. The average molecular weight is 879 g/mol. The molecule has 2 heterocycles. The number of benzene rings is 5. The summed E-state index contributed by atoms with van der Waals surface area (Å²) < 4.78 is 0. The van der Waals surface area contributed by atoms with Gasteiger partial charge in [-0.3, -0.25) is 33.6 Å². The fourth-order valence-electron chi connectivity index (χ4n) is 7.47. The molecule has 2 aliphatic rings. The van der Waals surface area contributed by atoms with E-state index >= 15 is 0 Å². The van der Waals surface area contributed by atoms with Crippen LogP contribution >= 0.6 is 0 Å². The van der Waals surface area contributed by atoms with Gasteiger partial charge in [-0.25, -0.2) is 0 Å². The van der Waals surface area contributed by atoms with E-state index in [9.17, 15) is 33.6 Å². The Balaban J connectivity index is 1.34. The van der Waals surface area contributed by atoms with Gasteiger partial charge in [-0.1, -0.05) is 127 Å². The topological polar surface area (TPSA) is 212 Å². The number of hydrogen-bond donors (Lipinski definition) is 7. The normalized spacial score (nSPS) is 18.7. The fourth-order valence-corrected chi connectivity index (χ4v) is 7.47. The molecule has 2 aliphatic heterocycles. The lowest BCUT2D eigenvalue weighted by molar-refractivity contribution is -0.137. The molecular formula is C51H54N6O8. The fraction of sp³-hybridized carbons (Fsp3) is 0.275. The molecule has 0 aromatic heterocycles. The minimum Gasteiger partial charge on any atom is -0.481 e. The van der Waals surface area contributed by atoms with Crippen molar-refractivity contribution in [2.45, 2.75) is 82.0 Å². The van der Waals surface area contributed by atoms with Gasteiger partial charge in [0.25, 0.3) is 0 Å². The van der Waals surface area contributed by atoms with Crippen molar-refractivity contribution in [1.29, 1.82) is 0 Å². The summed E-state index contributed by atoms with van der Waals surface area (Å²) in [6, 6.07) is 37.2. The molecule has 6 amide bonds. The number of carbonyl (C=O) groups is 7. The van der Waals surface area contributed by atoms with Crippen LogP contribution in [0.3, 0.4) is 0 Å². The lowest BCUT2D eigenvalue weighted by Crippen LogP contribution is -2.58. The summed E-state index contributed by atoms with van der Waals surface area (Å²) in [5, 5.41) is 26.0. The minimum absolute atomic E-state index is 0.0119. The zero-order chi connectivity index (χ0) is 46.0. The number of carboxylic acids is 1. The van der Waals surface area contributed by atoms with E-state index in [0.717, 1.165) is 16.7 Å². The summed E-state index contributed by atoms with van der Waals surface area (Å²) in [5.41, 5.74) is 5.10. The van der Waals surface area contributed by atoms with Gasteiger partial charge in [0.2, 0.25) is 35.4 Å². The zero-order valence-corrected chi connectivity index (χ0v) is 36.0. The van der Waals surface area contributed by atoms with Gasteiger partial charge < -0.3 is 37.0 Å². The highest BCUT2D eigenvalue weighted by atomic mass is 16.4. The Morgan fingerprint density at radius 2 is 1.18 bits per heavy atom. The van der Waals surface area contributed by atoms with Crippen LogP contribution < -0.4 is 31.9 Å². The zero-order valence-electron chi connectivity index (χ0n) is 36.0. The molecule has 0 spiro atoms. The molecule has 0 saturated heterocycles. The van der Waals surface area contributed by atoms with Crippen LogP contribution in [0.1, 0.15) is 66.8 Å². The molecule has 14 nitrogen and oxygen atoms in total. The van der Waals surface area contributed by atoms with Gasteiger partial charge in [-0.15, -0.1) is 0 Å². The van der Waals surface area contributed by atoms with Crippen molar-refractivity contribution in [2.75, 3.05) is 11.9 Å². The second-order valence-electron chi connectivity index (χ2n) is 16.0. The predicted molar refractivity (Wildman–Crippen MR) is 246 cm³/mol. The van der Waals surface area contributed by atoms with Gasteiger partial charge in [-0.05, 0) is 71.2 Å². The lowest BCUT2D eigenvalue weighted by atomic mass is 9.98. The van der Waals surface area contributed by atoms with Gasteiger partial charge in [0.1, 0.15) is 24.2 Å². The first-order valence-corrected chi connectivity index (χ1v) is 21.8. The monoisotopic (exact) mass is 878 g/mol. The molecule has 7 rings (SSSR count). The van der Waals surface area contributed by atoms with E-state index in [1.807, 2.05) is 84.9 Å². The lowest BCUT2D eigenvalue weighted by Gasteiger charge is -2.27. The van der Waals surface area contributed by atoms with Crippen LogP contribution in [0, 0.1) is 0 Å². The van der Waals surface area contributed by atoms with Crippen LogP contribution in [-0.2, 0) is 52.8 Å². The maximum absolute atomic E-state index is 14.7. The van der Waals surface area contributed by atoms with Crippen molar-refractivity contribution in [3.8, 4) is 11.1 Å². The first-order chi connectivity index (χ1) is 31.5. The Morgan fingerprint density at radius 1 is 0.585 bits per heavy atom. The van der Waals surface area contributed by atoms with Gasteiger partial charge in [0.15, 0.2) is 0 Å². The number of aliphatic carboxylic acids is 1. The number of aryl methyl sites for hydroxylation is 1. The Morgan fingerprint density at radius 3 is 1.86 bits per heavy atom. The largest absolute Gasteiger partial charge is 0.481 e. The number of carboxylic acid groups (broad SMARTS) is 1. The Bertz CT molecular complexity index is 2400. The van der Waals surface area contributed by atoms with E-state index in [1.165, 1.54) is 0 Å². The first-order valence-electron chi connectivity index (χ1n) is 21.8. The molecule has 5 aromatic carbocycles. The standard InChI is InChI=1S/C51H54N6O8/c58-44-29-30-45(59)57-47(39-16-8-3-9-17-39)51(65)56-43(33-35-19-24-38(25-20-35)37-14-6-2-7-15-37)50(64)54-41(28-23-34-12-4-1-5-13-34)49(63)55-42(32-36-21-26-40(53-44)27-22-36)48(62)52-31-11-10-18-46(60)61/h1-9,12-17,19-22,24-27,41-43,47H,10-11,18,23,28-33H2,(H,52,62)(H,53,58)(H,54,64)(H,55,63)(H,56,65)(H,57,59)(H,60,61)/t41-,42+,43+,47?/m1/s1. The maximum atomic E-state index is 14.7. The summed E-state index contributed by atoms with van der Waals surface area (Å²) >= 11 is 0. The third kappa shape index (κ3) is 14.7. The van der Waals surface area contributed by atoms with Crippen LogP contribution in [0.15, 0.2) is 140 Å². The molecule has 7 N–H and O–H groups in total. The van der Waals surface area contributed by atoms with Gasteiger partial charge in [0.05, 0.1) is 0 Å². The van der Waals surface area contributed by atoms with Gasteiger partial charge >= 0.3 is 5.97 Å². The smallest absolute Gasteiger partial charge is 0.303 e. The van der Waals surface area contributed by atoms with E-state index in [4.69, 9.17) is 5.11 Å². The second-order valence-corrected chi connectivity index (χ2v) is 16.0. The van der Waals surface area contributed by atoms with E-state index in [-0.39, 0.29) is 45.1 Å². The molecule has 5 aromatic rings.